The quantitative estimate of drug-likeness (QED) is 0.127. The summed E-state index contributed by atoms with van der Waals surface area (Å²) in [5.74, 6) is 0.810. The number of amides is 2. The van der Waals surface area contributed by atoms with Crippen molar-refractivity contribution in [3.05, 3.63) is 82.6 Å². The molecule has 0 saturated carbocycles. The van der Waals surface area contributed by atoms with E-state index in [1.165, 1.54) is 0 Å². The van der Waals surface area contributed by atoms with Crippen molar-refractivity contribution in [1.29, 1.82) is 0 Å². The average molecular weight is 651 g/mol. The normalized spacial score (nSPS) is 17.1. The van der Waals surface area contributed by atoms with E-state index in [0.717, 1.165) is 93.4 Å². The van der Waals surface area contributed by atoms with Crippen LogP contribution in [0.3, 0.4) is 0 Å². The monoisotopic (exact) mass is 650 g/mol. The van der Waals surface area contributed by atoms with E-state index >= 15 is 0 Å². The topological polar surface area (TPSA) is 40.6 Å². The Labute approximate surface area is 282 Å². The maximum Gasteiger partial charge on any atom is 0.260 e. The number of fused-ring (bicyclic) bond motifs is 2. The lowest BCUT2D eigenvalue weighted by Crippen LogP contribution is -2.34. The van der Waals surface area contributed by atoms with Gasteiger partial charge in [-0.3, -0.25) is 9.59 Å². The molecule has 2 aromatic heterocycles. The first kappa shape index (κ1) is 32.5. The van der Waals surface area contributed by atoms with Crippen LogP contribution >= 0.6 is 22.7 Å². The summed E-state index contributed by atoms with van der Waals surface area (Å²) in [6, 6.07) is 25.2. The summed E-state index contributed by atoms with van der Waals surface area (Å²) in [4.78, 5) is 37.5. The van der Waals surface area contributed by atoms with Crippen LogP contribution in [0, 0.1) is 11.8 Å². The molecule has 6 heteroatoms. The lowest BCUT2D eigenvalue weighted by molar-refractivity contribution is -0.114. The second-order valence-corrected chi connectivity index (χ2v) is 14.9. The highest BCUT2D eigenvalue weighted by Crippen LogP contribution is 2.54. The second-order valence-electron chi connectivity index (χ2n) is 12.8. The van der Waals surface area contributed by atoms with E-state index < -0.39 is 0 Å². The van der Waals surface area contributed by atoms with Gasteiger partial charge in [0.25, 0.3) is 11.8 Å². The molecule has 46 heavy (non-hydrogen) atoms. The summed E-state index contributed by atoms with van der Waals surface area (Å²) < 4.78 is 0. The smallest absolute Gasteiger partial charge is 0.260 e. The molecule has 2 unspecified atom stereocenters. The number of thiophene rings is 2. The lowest BCUT2D eigenvalue weighted by atomic mass is 9.98. The maximum atomic E-state index is 14.7. The summed E-state index contributed by atoms with van der Waals surface area (Å²) in [5, 5.41) is 0. The number of carbonyl (C=O) groups excluding carboxylic acids is 2. The number of hydrogen-bond acceptors (Lipinski definition) is 4. The highest BCUT2D eigenvalue weighted by Gasteiger charge is 2.45. The number of carbonyl (C=O) groups is 2. The van der Waals surface area contributed by atoms with Gasteiger partial charge < -0.3 is 9.80 Å². The molecule has 0 saturated heterocycles. The fraction of sp³-hybridized carbons (Fsp3) is 0.400. The first-order valence-electron chi connectivity index (χ1n) is 17.3. The van der Waals surface area contributed by atoms with Crippen molar-refractivity contribution >= 4 is 57.0 Å². The number of unbranched alkanes of at least 4 members (excludes halogenated alkanes) is 2. The van der Waals surface area contributed by atoms with Crippen molar-refractivity contribution in [2.75, 3.05) is 22.9 Å². The maximum absolute atomic E-state index is 14.7. The number of anilines is 2. The Morgan fingerprint density at radius 3 is 1.33 bits per heavy atom. The van der Waals surface area contributed by atoms with Crippen LogP contribution in [0.2, 0.25) is 0 Å². The Bertz CT molecular complexity index is 1580. The average Bonchev–Trinajstić information content (AvgIpc) is 3.83. The molecular formula is C40H46N2O2S2. The molecule has 0 N–H and O–H groups in total. The first-order chi connectivity index (χ1) is 22.5. The van der Waals surface area contributed by atoms with Crippen LogP contribution in [-0.2, 0) is 9.59 Å². The van der Waals surface area contributed by atoms with Crippen LogP contribution in [0.5, 0.6) is 0 Å². The third kappa shape index (κ3) is 6.26. The summed E-state index contributed by atoms with van der Waals surface area (Å²) in [5.41, 5.74) is 5.41. The molecule has 4 aromatic rings. The van der Waals surface area contributed by atoms with Gasteiger partial charge in [0, 0.05) is 22.8 Å². The zero-order valence-corrected chi connectivity index (χ0v) is 29.3. The van der Waals surface area contributed by atoms with Crippen molar-refractivity contribution in [2.24, 2.45) is 11.8 Å². The Morgan fingerprint density at radius 2 is 0.978 bits per heavy atom. The van der Waals surface area contributed by atoms with Crippen LogP contribution in [0.15, 0.2) is 72.8 Å². The van der Waals surface area contributed by atoms with Crippen molar-refractivity contribution in [3.63, 3.8) is 0 Å². The van der Waals surface area contributed by atoms with Gasteiger partial charge in [0.05, 0.1) is 32.3 Å². The third-order valence-electron chi connectivity index (χ3n) is 9.71. The van der Waals surface area contributed by atoms with Gasteiger partial charge in [-0.1, -0.05) is 127 Å². The van der Waals surface area contributed by atoms with Crippen LogP contribution in [0.1, 0.15) is 88.8 Å². The van der Waals surface area contributed by atoms with Gasteiger partial charge in [-0.25, -0.2) is 0 Å². The molecule has 2 atom stereocenters. The third-order valence-corrected chi connectivity index (χ3v) is 12.1. The molecule has 0 bridgehead atoms. The molecule has 2 amide bonds. The second kappa shape index (κ2) is 14.5. The van der Waals surface area contributed by atoms with Crippen LogP contribution < -0.4 is 9.80 Å². The molecule has 0 spiro atoms. The standard InChI is InChI=1S/C40H46N2O2S2/c1-5-9-17-27(7-3)25-41-31-23-33(29-19-13-11-14-20-29)45-37(31)35(39(41)43)36-38-32(24-34(46-38)30-21-15-12-16-22-30)42(40(36)44)26-28(8-4)18-10-6-2/h11-16,19-24,27-28H,5-10,17-18,25-26H2,1-4H3/b36-35-. The van der Waals surface area contributed by atoms with Crippen LogP contribution in [0.4, 0.5) is 11.4 Å². The van der Waals surface area contributed by atoms with Crippen molar-refractivity contribution < 1.29 is 9.59 Å². The Morgan fingerprint density at radius 1 is 0.587 bits per heavy atom. The van der Waals surface area contributed by atoms with Gasteiger partial charge in [0.1, 0.15) is 0 Å². The van der Waals surface area contributed by atoms with Gasteiger partial charge in [0.2, 0.25) is 0 Å². The molecule has 0 fully saturated rings. The van der Waals surface area contributed by atoms with Gasteiger partial charge in [-0.15, -0.1) is 22.7 Å². The molecule has 4 heterocycles. The predicted molar refractivity (Wildman–Crippen MR) is 198 cm³/mol. The minimum atomic E-state index is -0.0142. The first-order valence-corrected chi connectivity index (χ1v) is 18.9. The fourth-order valence-corrected chi connectivity index (χ4v) is 9.27. The highest BCUT2D eigenvalue weighted by molar-refractivity contribution is 7.19. The molecule has 0 aliphatic carbocycles. The van der Waals surface area contributed by atoms with Gasteiger partial charge in [-0.2, -0.15) is 0 Å². The van der Waals surface area contributed by atoms with Crippen LogP contribution in [0.25, 0.3) is 32.0 Å². The van der Waals surface area contributed by atoms with Gasteiger partial charge in [-0.05, 0) is 47.9 Å². The predicted octanol–water partition coefficient (Wildman–Crippen LogP) is 11.2. The molecule has 2 aliphatic heterocycles. The zero-order chi connectivity index (χ0) is 32.2. The SMILES string of the molecule is CCCCC(CC)CN1C(=O)/C(=C2\C(=O)N(CC(CC)CCCC)c3cc(-c4ccccc4)sc32)c2sc(-c3ccccc3)cc21. The van der Waals surface area contributed by atoms with Gasteiger partial charge in [0.15, 0.2) is 0 Å². The summed E-state index contributed by atoms with van der Waals surface area (Å²) in [7, 11) is 0. The number of rotatable bonds is 14. The molecule has 240 valence electrons. The molecule has 2 aromatic carbocycles. The molecule has 4 nitrogen and oxygen atoms in total. The molecule has 2 aliphatic rings. The Balaban J connectivity index is 1.50. The largest absolute Gasteiger partial charge is 0.307 e. The van der Waals surface area contributed by atoms with E-state index in [0.29, 0.717) is 36.1 Å². The summed E-state index contributed by atoms with van der Waals surface area (Å²) in [6.07, 6.45) is 8.87. The van der Waals surface area contributed by atoms with Crippen LogP contribution in [-0.4, -0.2) is 24.9 Å². The molecular weight excluding hydrogens is 605 g/mol. The molecule has 6 rings (SSSR count). The number of benzene rings is 2. The molecule has 0 radical (unpaired) electrons. The van der Waals surface area contributed by atoms with E-state index in [1.54, 1.807) is 22.7 Å². The van der Waals surface area contributed by atoms with Crippen molar-refractivity contribution in [1.82, 2.24) is 0 Å². The highest BCUT2D eigenvalue weighted by atomic mass is 32.1. The Kier molecular flexibility index (Phi) is 10.2. The van der Waals surface area contributed by atoms with E-state index in [9.17, 15) is 9.59 Å². The van der Waals surface area contributed by atoms with E-state index in [-0.39, 0.29) is 11.8 Å². The van der Waals surface area contributed by atoms with Crippen molar-refractivity contribution in [3.8, 4) is 20.9 Å². The zero-order valence-electron chi connectivity index (χ0n) is 27.7. The number of nitrogens with zero attached hydrogens (tertiary/aromatic N) is 2. The lowest BCUT2D eigenvalue weighted by Gasteiger charge is -2.24. The number of hydrogen-bond donors (Lipinski definition) is 0. The fourth-order valence-electron chi connectivity index (χ4n) is 6.85. The summed E-state index contributed by atoms with van der Waals surface area (Å²) >= 11 is 3.31. The summed E-state index contributed by atoms with van der Waals surface area (Å²) in [6.45, 7) is 10.3. The van der Waals surface area contributed by atoms with E-state index in [2.05, 4.69) is 88.4 Å². The minimum Gasteiger partial charge on any atom is -0.307 e. The van der Waals surface area contributed by atoms with E-state index in [1.807, 2.05) is 21.9 Å². The minimum absolute atomic E-state index is 0.0142. The van der Waals surface area contributed by atoms with E-state index in [4.69, 9.17) is 0 Å². The van der Waals surface area contributed by atoms with Crippen molar-refractivity contribution in [2.45, 2.75) is 79.1 Å². The van der Waals surface area contributed by atoms with Gasteiger partial charge >= 0.3 is 0 Å². The Hall–Kier alpha value is -3.48.